The van der Waals surface area contributed by atoms with Crippen LogP contribution in [0.5, 0.6) is 0 Å². The van der Waals surface area contributed by atoms with Gasteiger partial charge in [-0.3, -0.25) is 4.79 Å². The number of carboxylic acids is 1. The third-order valence-corrected chi connectivity index (χ3v) is 1.65. The average Bonchev–Trinajstić information content (AvgIpc) is 2.11. The predicted molar refractivity (Wildman–Crippen MR) is 56.7 cm³/mol. The zero-order valence-corrected chi connectivity index (χ0v) is 9.33. The molecule has 0 aromatic heterocycles. The van der Waals surface area contributed by atoms with Crippen molar-refractivity contribution in [2.45, 2.75) is 26.1 Å². The van der Waals surface area contributed by atoms with E-state index >= 15 is 0 Å². The summed E-state index contributed by atoms with van der Waals surface area (Å²) in [7, 11) is 0. The summed E-state index contributed by atoms with van der Waals surface area (Å²) >= 11 is 0. The van der Waals surface area contributed by atoms with Crippen LogP contribution in [0.2, 0.25) is 0 Å². The van der Waals surface area contributed by atoms with Crippen LogP contribution in [0.4, 0.5) is 0 Å². The maximum absolute atomic E-state index is 11.5. The predicted octanol–water partition coefficient (Wildman–Crippen LogP) is -0.783. The zero-order valence-electron chi connectivity index (χ0n) is 9.33. The Morgan fingerprint density at radius 3 is 1.88 bits per heavy atom. The summed E-state index contributed by atoms with van der Waals surface area (Å²) in [5.74, 6) is -1.77. The summed E-state index contributed by atoms with van der Waals surface area (Å²) in [5.41, 5.74) is 0. The molecule has 3 N–H and O–H groups in total. The summed E-state index contributed by atoms with van der Waals surface area (Å²) in [6.45, 7) is 3.11. The fraction of sp³-hybridized carbons (Fsp3) is 0.600. The van der Waals surface area contributed by atoms with Crippen LogP contribution in [0, 0.1) is 0 Å². The Bertz CT molecular complexity index is 262. The van der Waals surface area contributed by atoms with E-state index < -0.39 is 24.1 Å². The lowest BCUT2D eigenvalue weighted by Gasteiger charge is -2.23. The maximum Gasteiger partial charge on any atom is 0.328 e. The third kappa shape index (κ3) is 6.97. The van der Waals surface area contributed by atoms with E-state index in [0.717, 1.165) is 12.2 Å². The molecule has 6 heteroatoms. The topological polar surface area (TPSA) is 98.1 Å². The van der Waals surface area contributed by atoms with Crippen molar-refractivity contribution >= 4 is 11.9 Å². The van der Waals surface area contributed by atoms with Crippen molar-refractivity contribution in [3.05, 3.63) is 12.2 Å². The van der Waals surface area contributed by atoms with Crippen molar-refractivity contribution in [3.63, 3.8) is 0 Å². The summed E-state index contributed by atoms with van der Waals surface area (Å²) in [6.07, 6.45) is 0.147. The van der Waals surface area contributed by atoms with Crippen LogP contribution < -0.4 is 0 Å². The van der Waals surface area contributed by atoms with Gasteiger partial charge in [-0.05, 0) is 13.8 Å². The normalized spacial score (nSPS) is 14.8. The smallest absolute Gasteiger partial charge is 0.328 e. The highest BCUT2D eigenvalue weighted by Gasteiger charge is 2.15. The van der Waals surface area contributed by atoms with E-state index in [-0.39, 0.29) is 13.1 Å². The van der Waals surface area contributed by atoms with E-state index in [0.29, 0.717) is 0 Å². The van der Waals surface area contributed by atoms with Crippen molar-refractivity contribution < 1.29 is 24.9 Å². The number of nitrogens with zero attached hydrogens (tertiary/aromatic N) is 1. The number of carbonyl (C=O) groups excluding carboxylic acids is 1. The number of aliphatic carboxylic acids is 1. The van der Waals surface area contributed by atoms with Gasteiger partial charge in [-0.1, -0.05) is 0 Å². The number of carbonyl (C=O) groups is 2. The SMILES string of the molecule is CC(O)CN(CC(C)O)C(=O)/C=C\C(=O)O. The molecular weight excluding hydrogens is 214 g/mol. The molecule has 16 heavy (non-hydrogen) atoms. The second-order valence-corrected chi connectivity index (χ2v) is 3.61. The molecule has 0 aliphatic carbocycles. The second-order valence-electron chi connectivity index (χ2n) is 3.61. The number of rotatable bonds is 6. The third-order valence-electron chi connectivity index (χ3n) is 1.65. The van der Waals surface area contributed by atoms with Crippen molar-refractivity contribution in [3.8, 4) is 0 Å². The number of aliphatic hydroxyl groups excluding tert-OH is 2. The molecule has 0 radical (unpaired) electrons. The van der Waals surface area contributed by atoms with Crippen LogP contribution in [0.3, 0.4) is 0 Å². The Hall–Kier alpha value is -1.40. The molecule has 0 heterocycles. The maximum atomic E-state index is 11.5. The van der Waals surface area contributed by atoms with Crippen LogP contribution in [0.1, 0.15) is 13.8 Å². The van der Waals surface area contributed by atoms with Crippen molar-refractivity contribution in [1.29, 1.82) is 0 Å². The van der Waals surface area contributed by atoms with E-state index in [1.807, 2.05) is 0 Å². The van der Waals surface area contributed by atoms with Crippen molar-refractivity contribution in [2.24, 2.45) is 0 Å². The molecule has 92 valence electrons. The first-order valence-corrected chi connectivity index (χ1v) is 4.89. The summed E-state index contributed by atoms with van der Waals surface area (Å²) in [5, 5.41) is 26.6. The molecule has 0 aromatic carbocycles. The van der Waals surface area contributed by atoms with Gasteiger partial charge in [0, 0.05) is 25.2 Å². The lowest BCUT2D eigenvalue weighted by atomic mass is 10.3. The molecule has 2 atom stereocenters. The molecule has 0 saturated heterocycles. The Kier molecular flexibility index (Phi) is 6.36. The fourth-order valence-corrected chi connectivity index (χ4v) is 1.14. The van der Waals surface area contributed by atoms with E-state index in [2.05, 4.69) is 0 Å². The van der Waals surface area contributed by atoms with Gasteiger partial charge in [0.1, 0.15) is 0 Å². The number of aliphatic hydroxyl groups is 2. The number of amides is 1. The highest BCUT2D eigenvalue weighted by atomic mass is 16.4. The van der Waals surface area contributed by atoms with Gasteiger partial charge in [0.05, 0.1) is 12.2 Å². The van der Waals surface area contributed by atoms with Crippen LogP contribution in [-0.2, 0) is 9.59 Å². The minimum absolute atomic E-state index is 0.0493. The van der Waals surface area contributed by atoms with Crippen molar-refractivity contribution in [1.82, 2.24) is 4.90 Å². The zero-order chi connectivity index (χ0) is 12.7. The van der Waals surface area contributed by atoms with Gasteiger partial charge < -0.3 is 20.2 Å². The van der Waals surface area contributed by atoms with Gasteiger partial charge in [-0.2, -0.15) is 0 Å². The van der Waals surface area contributed by atoms with Gasteiger partial charge in [-0.25, -0.2) is 4.79 Å². The fourth-order valence-electron chi connectivity index (χ4n) is 1.14. The Balaban J connectivity index is 4.49. The molecule has 2 unspecified atom stereocenters. The van der Waals surface area contributed by atoms with Gasteiger partial charge in [0.25, 0.3) is 0 Å². The monoisotopic (exact) mass is 231 g/mol. The molecule has 0 fully saturated rings. The second kappa shape index (κ2) is 6.97. The Labute approximate surface area is 93.8 Å². The van der Waals surface area contributed by atoms with Crippen LogP contribution in [-0.4, -0.2) is 57.4 Å². The number of hydrogen-bond acceptors (Lipinski definition) is 4. The molecule has 0 aliphatic rings. The summed E-state index contributed by atoms with van der Waals surface area (Å²) in [6, 6.07) is 0. The largest absolute Gasteiger partial charge is 0.478 e. The van der Waals surface area contributed by atoms with Crippen LogP contribution in [0.25, 0.3) is 0 Å². The van der Waals surface area contributed by atoms with Gasteiger partial charge in [0.2, 0.25) is 5.91 Å². The van der Waals surface area contributed by atoms with Gasteiger partial charge in [-0.15, -0.1) is 0 Å². The standard InChI is InChI=1S/C10H17NO5/c1-7(12)5-11(6-8(2)13)9(14)3-4-10(15)16/h3-4,7-8,12-13H,5-6H2,1-2H3,(H,15,16)/b4-3-. The number of hydrogen-bond donors (Lipinski definition) is 3. The van der Waals surface area contributed by atoms with E-state index in [4.69, 9.17) is 15.3 Å². The Morgan fingerprint density at radius 2 is 1.56 bits per heavy atom. The first-order valence-electron chi connectivity index (χ1n) is 4.89. The molecule has 0 bridgehead atoms. The lowest BCUT2D eigenvalue weighted by Crippen LogP contribution is -2.40. The molecule has 0 spiro atoms. The number of carboxylic acid groups (broad SMARTS) is 1. The first kappa shape index (κ1) is 14.6. The lowest BCUT2D eigenvalue weighted by molar-refractivity contribution is -0.132. The van der Waals surface area contributed by atoms with Crippen LogP contribution in [0.15, 0.2) is 12.2 Å². The van der Waals surface area contributed by atoms with Crippen LogP contribution >= 0.6 is 0 Å². The summed E-state index contributed by atoms with van der Waals surface area (Å²) < 4.78 is 0. The van der Waals surface area contributed by atoms with Gasteiger partial charge >= 0.3 is 5.97 Å². The molecule has 1 amide bonds. The quantitative estimate of drug-likeness (QED) is 0.521. The van der Waals surface area contributed by atoms with E-state index in [1.54, 1.807) is 0 Å². The molecule has 0 aliphatic heterocycles. The molecular formula is C10H17NO5. The highest BCUT2D eigenvalue weighted by Crippen LogP contribution is 1.98. The molecule has 0 rings (SSSR count). The molecule has 6 nitrogen and oxygen atoms in total. The Morgan fingerprint density at radius 1 is 1.12 bits per heavy atom. The molecule has 0 aromatic rings. The minimum Gasteiger partial charge on any atom is -0.478 e. The average molecular weight is 231 g/mol. The minimum atomic E-state index is -1.22. The highest BCUT2D eigenvalue weighted by molar-refractivity contribution is 5.93. The van der Waals surface area contributed by atoms with E-state index in [1.165, 1.54) is 18.7 Å². The summed E-state index contributed by atoms with van der Waals surface area (Å²) in [4.78, 5) is 22.9. The first-order chi connectivity index (χ1) is 7.32. The van der Waals surface area contributed by atoms with Gasteiger partial charge in [0.15, 0.2) is 0 Å². The molecule has 0 saturated carbocycles. The van der Waals surface area contributed by atoms with E-state index in [9.17, 15) is 9.59 Å². The van der Waals surface area contributed by atoms with Crippen molar-refractivity contribution in [2.75, 3.05) is 13.1 Å².